The minimum absolute atomic E-state index is 0.0687. The van der Waals surface area contributed by atoms with Crippen LogP contribution in [-0.2, 0) is 0 Å². The first-order chi connectivity index (χ1) is 8.56. The number of H-pyrrole nitrogens is 1. The second kappa shape index (κ2) is 4.87. The van der Waals surface area contributed by atoms with Crippen molar-refractivity contribution in [3.8, 4) is 0 Å². The molecule has 0 aliphatic rings. The highest BCUT2D eigenvalue weighted by Crippen LogP contribution is 2.12. The van der Waals surface area contributed by atoms with E-state index in [1.807, 2.05) is 31.2 Å². The average Bonchev–Trinajstić information content (AvgIpc) is 2.78. The lowest BCUT2D eigenvalue weighted by Crippen LogP contribution is -2.12. The van der Waals surface area contributed by atoms with Gasteiger partial charge in [0.25, 0.3) is 5.91 Å². The molecule has 0 bridgehead atoms. The average molecular weight is 242 g/mol. The summed E-state index contributed by atoms with van der Waals surface area (Å²) < 4.78 is 0. The summed E-state index contributed by atoms with van der Waals surface area (Å²) in [5.74, 6) is -0.325. The van der Waals surface area contributed by atoms with E-state index < -0.39 is 0 Å². The number of aromatic nitrogens is 1. The third-order valence-electron chi connectivity index (χ3n) is 2.61. The number of Topliss-reactive ketones (excluding diaryl/α,β-unsaturated/α-hetero) is 1. The largest absolute Gasteiger partial charge is 0.356 e. The van der Waals surface area contributed by atoms with Crippen LogP contribution in [0.1, 0.15) is 33.3 Å². The molecule has 0 radical (unpaired) electrons. The monoisotopic (exact) mass is 242 g/mol. The van der Waals surface area contributed by atoms with Crippen LogP contribution in [0.5, 0.6) is 0 Å². The quantitative estimate of drug-likeness (QED) is 0.813. The zero-order valence-electron chi connectivity index (χ0n) is 10.3. The molecule has 0 saturated carbocycles. The van der Waals surface area contributed by atoms with Crippen LogP contribution in [0.4, 0.5) is 5.69 Å². The van der Waals surface area contributed by atoms with Gasteiger partial charge in [-0.05, 0) is 37.6 Å². The molecule has 2 aromatic rings. The van der Waals surface area contributed by atoms with E-state index in [1.165, 1.54) is 13.1 Å². The van der Waals surface area contributed by atoms with Gasteiger partial charge < -0.3 is 10.3 Å². The van der Waals surface area contributed by atoms with Crippen LogP contribution in [-0.4, -0.2) is 16.7 Å². The summed E-state index contributed by atoms with van der Waals surface area (Å²) in [7, 11) is 0. The number of hydrogen-bond donors (Lipinski definition) is 2. The van der Waals surface area contributed by atoms with Crippen molar-refractivity contribution in [3.63, 3.8) is 0 Å². The summed E-state index contributed by atoms with van der Waals surface area (Å²) in [6.07, 6.45) is 1.54. The van der Waals surface area contributed by atoms with Crippen LogP contribution in [0.25, 0.3) is 0 Å². The van der Waals surface area contributed by atoms with E-state index in [-0.39, 0.29) is 11.7 Å². The van der Waals surface area contributed by atoms with Gasteiger partial charge in [0.2, 0.25) is 0 Å². The van der Waals surface area contributed by atoms with Gasteiger partial charge in [0.05, 0.1) is 0 Å². The standard InChI is InChI=1S/C14H14N2O2/c1-9-4-3-5-12(6-9)16-14(18)13-7-11(8-15-13)10(2)17/h3-8,15H,1-2H3,(H,16,18). The third-order valence-corrected chi connectivity index (χ3v) is 2.61. The molecular formula is C14H14N2O2. The summed E-state index contributed by atoms with van der Waals surface area (Å²) in [6.45, 7) is 3.42. The van der Waals surface area contributed by atoms with Crippen molar-refractivity contribution in [2.45, 2.75) is 13.8 Å². The van der Waals surface area contributed by atoms with E-state index in [0.29, 0.717) is 11.3 Å². The Balaban J connectivity index is 2.14. The molecule has 0 fully saturated rings. The minimum atomic E-state index is -0.256. The lowest BCUT2D eigenvalue weighted by Gasteiger charge is -2.04. The van der Waals surface area contributed by atoms with Gasteiger partial charge in [0.1, 0.15) is 5.69 Å². The number of carbonyl (C=O) groups excluding carboxylic acids is 2. The van der Waals surface area contributed by atoms with Gasteiger partial charge in [-0.2, -0.15) is 0 Å². The number of nitrogens with one attached hydrogen (secondary N) is 2. The maximum Gasteiger partial charge on any atom is 0.272 e. The SMILES string of the molecule is CC(=O)c1c[nH]c(C(=O)Nc2cccc(C)c2)c1. The fraction of sp³-hybridized carbons (Fsp3) is 0.143. The number of hydrogen-bond acceptors (Lipinski definition) is 2. The van der Waals surface area contributed by atoms with Crippen LogP contribution in [0.15, 0.2) is 36.5 Å². The Bertz CT molecular complexity index is 599. The molecule has 0 saturated heterocycles. The molecule has 2 N–H and O–H groups in total. The van der Waals surface area contributed by atoms with Crippen molar-refractivity contribution < 1.29 is 9.59 Å². The zero-order valence-corrected chi connectivity index (χ0v) is 10.3. The number of benzene rings is 1. The molecule has 4 heteroatoms. The predicted molar refractivity (Wildman–Crippen MR) is 69.9 cm³/mol. The normalized spacial score (nSPS) is 10.1. The van der Waals surface area contributed by atoms with Crippen LogP contribution in [0, 0.1) is 6.92 Å². The summed E-state index contributed by atoms with van der Waals surface area (Å²) >= 11 is 0. The summed E-state index contributed by atoms with van der Waals surface area (Å²) in [6, 6.07) is 9.08. The van der Waals surface area contributed by atoms with Crippen molar-refractivity contribution in [2.75, 3.05) is 5.32 Å². The molecule has 92 valence electrons. The zero-order chi connectivity index (χ0) is 13.1. The summed E-state index contributed by atoms with van der Waals surface area (Å²) in [4.78, 5) is 25.8. The van der Waals surface area contributed by atoms with Crippen molar-refractivity contribution in [3.05, 3.63) is 53.3 Å². The molecule has 18 heavy (non-hydrogen) atoms. The van der Waals surface area contributed by atoms with E-state index in [2.05, 4.69) is 10.3 Å². The van der Waals surface area contributed by atoms with Gasteiger partial charge in [-0.25, -0.2) is 0 Å². The first-order valence-electron chi connectivity index (χ1n) is 5.63. The van der Waals surface area contributed by atoms with E-state index >= 15 is 0 Å². The molecule has 4 nitrogen and oxygen atoms in total. The lowest BCUT2D eigenvalue weighted by molar-refractivity contribution is 0.101. The topological polar surface area (TPSA) is 62.0 Å². The van der Waals surface area contributed by atoms with Crippen molar-refractivity contribution >= 4 is 17.4 Å². The Kier molecular flexibility index (Phi) is 3.28. The van der Waals surface area contributed by atoms with Crippen molar-refractivity contribution in [1.29, 1.82) is 0 Å². The molecule has 0 spiro atoms. The smallest absolute Gasteiger partial charge is 0.272 e. The Labute approximate surface area is 105 Å². The highest BCUT2D eigenvalue weighted by atomic mass is 16.2. The van der Waals surface area contributed by atoms with Crippen LogP contribution in [0.3, 0.4) is 0 Å². The van der Waals surface area contributed by atoms with Gasteiger partial charge in [-0.3, -0.25) is 9.59 Å². The highest BCUT2D eigenvalue weighted by molar-refractivity contribution is 6.05. The molecule has 1 heterocycles. The number of anilines is 1. The van der Waals surface area contributed by atoms with Gasteiger partial charge in [0, 0.05) is 17.4 Å². The van der Waals surface area contributed by atoms with E-state index in [9.17, 15) is 9.59 Å². The van der Waals surface area contributed by atoms with Crippen LogP contribution >= 0.6 is 0 Å². The van der Waals surface area contributed by atoms with Crippen LogP contribution in [0.2, 0.25) is 0 Å². The number of amides is 1. The Morgan fingerprint density at radius 1 is 1.22 bits per heavy atom. The maximum atomic E-state index is 11.9. The van der Waals surface area contributed by atoms with Gasteiger partial charge in [-0.1, -0.05) is 12.1 Å². The fourth-order valence-corrected chi connectivity index (χ4v) is 1.65. The predicted octanol–water partition coefficient (Wildman–Crippen LogP) is 2.78. The summed E-state index contributed by atoms with van der Waals surface area (Å²) in [5, 5.41) is 2.77. The van der Waals surface area contributed by atoms with E-state index in [4.69, 9.17) is 0 Å². The summed E-state index contributed by atoms with van der Waals surface area (Å²) in [5.41, 5.74) is 2.69. The number of ketones is 1. The molecule has 0 unspecified atom stereocenters. The van der Waals surface area contributed by atoms with E-state index in [0.717, 1.165) is 11.3 Å². The highest BCUT2D eigenvalue weighted by Gasteiger charge is 2.10. The van der Waals surface area contributed by atoms with Crippen LogP contribution < -0.4 is 5.32 Å². The fourth-order valence-electron chi connectivity index (χ4n) is 1.65. The third kappa shape index (κ3) is 2.66. The Morgan fingerprint density at radius 3 is 2.61 bits per heavy atom. The maximum absolute atomic E-state index is 11.9. The molecular weight excluding hydrogens is 228 g/mol. The second-order valence-corrected chi connectivity index (χ2v) is 4.18. The number of rotatable bonds is 3. The first kappa shape index (κ1) is 12.1. The van der Waals surface area contributed by atoms with Gasteiger partial charge in [0.15, 0.2) is 5.78 Å². The Hall–Kier alpha value is -2.36. The molecule has 1 aromatic carbocycles. The van der Waals surface area contributed by atoms with Crippen molar-refractivity contribution in [1.82, 2.24) is 4.98 Å². The minimum Gasteiger partial charge on any atom is -0.356 e. The molecule has 1 aromatic heterocycles. The number of carbonyl (C=O) groups is 2. The molecule has 1 amide bonds. The van der Waals surface area contributed by atoms with E-state index in [1.54, 1.807) is 6.07 Å². The molecule has 0 aliphatic heterocycles. The molecule has 2 rings (SSSR count). The van der Waals surface area contributed by atoms with Gasteiger partial charge in [-0.15, -0.1) is 0 Å². The Morgan fingerprint density at radius 2 is 2.00 bits per heavy atom. The van der Waals surface area contributed by atoms with Gasteiger partial charge >= 0.3 is 0 Å². The number of aromatic amines is 1. The first-order valence-corrected chi connectivity index (χ1v) is 5.63. The molecule has 0 atom stereocenters. The van der Waals surface area contributed by atoms with Crippen molar-refractivity contribution in [2.24, 2.45) is 0 Å². The molecule has 0 aliphatic carbocycles. The number of aryl methyl sites for hydroxylation is 1. The second-order valence-electron chi connectivity index (χ2n) is 4.18. The lowest BCUT2D eigenvalue weighted by atomic mass is 10.2.